The van der Waals surface area contributed by atoms with Gasteiger partial charge in [-0.05, 0) is 62.9 Å². The minimum atomic E-state index is -3.63. The van der Waals surface area contributed by atoms with Crippen molar-refractivity contribution in [3.05, 3.63) is 52.0 Å². The number of primary amides is 1. The van der Waals surface area contributed by atoms with E-state index in [1.165, 1.54) is 26.4 Å². The van der Waals surface area contributed by atoms with Gasteiger partial charge in [0.25, 0.3) is 5.91 Å². The molecule has 0 saturated carbocycles. The Balaban J connectivity index is 1.84. The largest absolute Gasteiger partial charge is 0.365 e. The van der Waals surface area contributed by atoms with Crippen LogP contribution in [0, 0.1) is 27.7 Å². The Morgan fingerprint density at radius 1 is 1.15 bits per heavy atom. The monoisotopic (exact) mass is 472 g/mol. The second kappa shape index (κ2) is 8.91. The molecule has 33 heavy (non-hydrogen) atoms. The zero-order valence-corrected chi connectivity index (χ0v) is 20.4. The lowest BCUT2D eigenvalue weighted by molar-refractivity contribution is -0.116. The number of hydrogen-bond donors (Lipinski definition) is 2. The number of aryl methyl sites for hydroxylation is 3. The topological polar surface area (TPSA) is 140 Å². The van der Waals surface area contributed by atoms with Gasteiger partial charge in [0.1, 0.15) is 5.56 Å². The number of fused-ring (bicyclic) bond motifs is 1. The van der Waals surface area contributed by atoms with E-state index in [2.05, 4.69) is 15.4 Å². The molecule has 0 spiro atoms. The summed E-state index contributed by atoms with van der Waals surface area (Å²) in [5, 5.41) is 7.04. The van der Waals surface area contributed by atoms with Crippen LogP contribution in [0.3, 0.4) is 0 Å². The number of rotatable bonds is 7. The first-order valence-electron chi connectivity index (χ1n) is 10.3. The van der Waals surface area contributed by atoms with Crippen LogP contribution in [0.5, 0.6) is 0 Å². The molecule has 0 bridgehead atoms. The lowest BCUT2D eigenvalue weighted by Gasteiger charge is -2.17. The van der Waals surface area contributed by atoms with Gasteiger partial charge in [0.05, 0.1) is 11.1 Å². The molecule has 0 atom stereocenters. The maximum absolute atomic E-state index is 12.7. The van der Waals surface area contributed by atoms with Gasteiger partial charge in [-0.2, -0.15) is 5.10 Å². The molecule has 0 saturated heterocycles. The maximum Gasteiger partial charge on any atom is 0.254 e. The normalized spacial score (nSPS) is 11.8. The Bertz CT molecular complexity index is 1380. The number of anilines is 1. The van der Waals surface area contributed by atoms with Crippen molar-refractivity contribution in [2.24, 2.45) is 5.73 Å². The summed E-state index contributed by atoms with van der Waals surface area (Å²) < 4.78 is 27.8. The number of hydrogen-bond acceptors (Lipinski definition) is 6. The molecule has 0 unspecified atom stereocenters. The van der Waals surface area contributed by atoms with Crippen LogP contribution < -0.4 is 11.1 Å². The fraction of sp³-hybridized carbons (Fsp3) is 0.364. The highest BCUT2D eigenvalue weighted by Crippen LogP contribution is 2.26. The highest BCUT2D eigenvalue weighted by molar-refractivity contribution is 7.89. The summed E-state index contributed by atoms with van der Waals surface area (Å²) >= 11 is 0. The maximum atomic E-state index is 12.7. The van der Waals surface area contributed by atoms with Crippen molar-refractivity contribution in [3.8, 4) is 0 Å². The minimum absolute atomic E-state index is 0.121. The lowest BCUT2D eigenvalue weighted by atomic mass is 10.1. The van der Waals surface area contributed by atoms with Gasteiger partial charge in [-0.25, -0.2) is 22.2 Å². The average molecular weight is 473 g/mol. The van der Waals surface area contributed by atoms with Crippen LogP contribution in [-0.2, 0) is 21.2 Å². The standard InChI is InChI=1S/C22H28N6O4S/c1-12-9-16(33(31,32)27(5)6)10-19(13(12)2)26-20(29)8-7-17-14(3)25-22-18(21(23)30)11-24-28(22)15(17)4/h9-11H,7-8H2,1-6H3,(H2,23,30)(H,26,29). The molecule has 0 fully saturated rings. The predicted octanol–water partition coefficient (Wildman–Crippen LogP) is 1.88. The summed E-state index contributed by atoms with van der Waals surface area (Å²) in [7, 11) is -0.710. The van der Waals surface area contributed by atoms with Gasteiger partial charge in [-0.3, -0.25) is 9.59 Å². The Hall–Kier alpha value is -3.31. The highest BCUT2D eigenvalue weighted by Gasteiger charge is 2.21. The summed E-state index contributed by atoms with van der Waals surface area (Å²) in [4.78, 5) is 28.9. The first kappa shape index (κ1) is 24.3. The number of sulfonamides is 1. The predicted molar refractivity (Wildman–Crippen MR) is 125 cm³/mol. The van der Waals surface area contributed by atoms with E-state index in [0.29, 0.717) is 23.4 Å². The van der Waals surface area contributed by atoms with Crippen LogP contribution in [-0.4, -0.2) is 53.2 Å². The van der Waals surface area contributed by atoms with Crippen molar-refractivity contribution in [1.29, 1.82) is 0 Å². The Morgan fingerprint density at radius 2 is 1.82 bits per heavy atom. The Labute approximate surface area is 192 Å². The SMILES string of the molecule is Cc1cc(S(=O)(=O)N(C)C)cc(NC(=O)CCc2c(C)nc3c(C(N)=O)cnn3c2C)c1C. The molecule has 2 amide bonds. The van der Waals surface area contributed by atoms with Crippen molar-refractivity contribution < 1.29 is 18.0 Å². The van der Waals surface area contributed by atoms with Crippen molar-refractivity contribution in [2.75, 3.05) is 19.4 Å². The number of nitrogens with two attached hydrogens (primary N) is 1. The smallest absolute Gasteiger partial charge is 0.254 e. The summed E-state index contributed by atoms with van der Waals surface area (Å²) in [5.41, 5.74) is 10.3. The number of aromatic nitrogens is 3. The molecule has 0 radical (unpaired) electrons. The van der Waals surface area contributed by atoms with Crippen LogP contribution >= 0.6 is 0 Å². The van der Waals surface area contributed by atoms with E-state index < -0.39 is 15.9 Å². The van der Waals surface area contributed by atoms with E-state index in [9.17, 15) is 18.0 Å². The van der Waals surface area contributed by atoms with Crippen molar-refractivity contribution in [3.63, 3.8) is 0 Å². The van der Waals surface area contributed by atoms with Gasteiger partial charge in [0, 0.05) is 37.6 Å². The van der Waals surface area contributed by atoms with Crippen LogP contribution in [0.2, 0.25) is 0 Å². The van der Waals surface area contributed by atoms with Gasteiger partial charge in [-0.1, -0.05) is 0 Å². The van der Waals surface area contributed by atoms with Gasteiger partial charge in [0.15, 0.2) is 5.65 Å². The number of benzene rings is 1. The molecule has 3 aromatic rings. The number of amides is 2. The highest BCUT2D eigenvalue weighted by atomic mass is 32.2. The molecule has 0 aliphatic rings. The third kappa shape index (κ3) is 4.60. The molecule has 0 aliphatic carbocycles. The van der Waals surface area contributed by atoms with E-state index in [1.807, 2.05) is 13.8 Å². The summed E-state index contributed by atoms with van der Waals surface area (Å²) in [6.07, 6.45) is 1.93. The van der Waals surface area contributed by atoms with E-state index >= 15 is 0 Å². The molecular weight excluding hydrogens is 444 g/mol. The molecule has 2 aromatic heterocycles. The molecule has 3 N–H and O–H groups in total. The quantitative estimate of drug-likeness (QED) is 0.538. The van der Waals surface area contributed by atoms with Crippen LogP contribution in [0.15, 0.2) is 23.2 Å². The molecule has 10 nitrogen and oxygen atoms in total. The molecule has 2 heterocycles. The summed E-state index contributed by atoms with van der Waals surface area (Å²) in [5.74, 6) is -0.860. The molecule has 1 aromatic carbocycles. The zero-order chi connectivity index (χ0) is 24.7. The molecule has 3 rings (SSSR count). The molecule has 176 valence electrons. The number of carbonyl (C=O) groups excluding carboxylic acids is 2. The summed E-state index contributed by atoms with van der Waals surface area (Å²) in [6, 6.07) is 3.08. The fourth-order valence-corrected chi connectivity index (χ4v) is 4.63. The van der Waals surface area contributed by atoms with E-state index in [4.69, 9.17) is 5.73 Å². The van der Waals surface area contributed by atoms with E-state index in [1.54, 1.807) is 24.4 Å². The van der Waals surface area contributed by atoms with Gasteiger partial charge in [-0.15, -0.1) is 0 Å². The Kier molecular flexibility index (Phi) is 6.57. The van der Waals surface area contributed by atoms with E-state index in [0.717, 1.165) is 26.7 Å². The second-order valence-electron chi connectivity index (χ2n) is 8.17. The summed E-state index contributed by atoms with van der Waals surface area (Å²) in [6.45, 7) is 7.28. The first-order valence-corrected chi connectivity index (χ1v) is 11.8. The van der Waals surface area contributed by atoms with Crippen molar-refractivity contribution in [2.45, 2.75) is 45.4 Å². The van der Waals surface area contributed by atoms with E-state index in [-0.39, 0.29) is 22.8 Å². The van der Waals surface area contributed by atoms with Crippen LogP contribution in [0.25, 0.3) is 5.65 Å². The zero-order valence-electron chi connectivity index (χ0n) is 19.6. The number of nitrogens with one attached hydrogen (secondary N) is 1. The fourth-order valence-electron chi connectivity index (χ4n) is 3.61. The number of nitrogens with zero attached hydrogens (tertiary/aromatic N) is 4. The second-order valence-corrected chi connectivity index (χ2v) is 10.3. The lowest BCUT2D eigenvalue weighted by Crippen LogP contribution is -2.23. The number of carbonyl (C=O) groups is 2. The van der Waals surface area contributed by atoms with Crippen LogP contribution in [0.1, 0.15) is 44.9 Å². The average Bonchev–Trinajstić information content (AvgIpc) is 3.15. The molecule has 11 heteroatoms. The molecule has 0 aliphatic heterocycles. The first-order chi connectivity index (χ1) is 15.3. The Morgan fingerprint density at radius 3 is 2.42 bits per heavy atom. The van der Waals surface area contributed by atoms with Gasteiger partial charge >= 0.3 is 0 Å². The third-order valence-corrected chi connectivity index (χ3v) is 7.56. The van der Waals surface area contributed by atoms with Gasteiger partial charge < -0.3 is 11.1 Å². The minimum Gasteiger partial charge on any atom is -0.365 e. The van der Waals surface area contributed by atoms with Crippen molar-refractivity contribution >= 4 is 33.2 Å². The van der Waals surface area contributed by atoms with Crippen LogP contribution in [0.4, 0.5) is 5.69 Å². The third-order valence-electron chi connectivity index (χ3n) is 5.77. The van der Waals surface area contributed by atoms with Crippen molar-refractivity contribution in [1.82, 2.24) is 18.9 Å². The van der Waals surface area contributed by atoms with Gasteiger partial charge in [0.2, 0.25) is 15.9 Å². The molecular formula is C22H28N6O4S.